The summed E-state index contributed by atoms with van der Waals surface area (Å²) in [6.07, 6.45) is 2.76. The number of hydrogen-bond acceptors (Lipinski definition) is 6. The molecule has 8 nitrogen and oxygen atoms in total. The number of nitrogens with one attached hydrogen (secondary N) is 1. The minimum atomic E-state index is -3.36. The summed E-state index contributed by atoms with van der Waals surface area (Å²) in [4.78, 5) is 11.6. The number of thiophene rings is 1. The lowest BCUT2D eigenvalue weighted by Gasteiger charge is -2.13. The fraction of sp³-hybridized carbons (Fsp3) is 0.364. The summed E-state index contributed by atoms with van der Waals surface area (Å²) in [5.74, 6) is -0.395. The van der Waals surface area contributed by atoms with E-state index < -0.39 is 15.9 Å². The van der Waals surface area contributed by atoms with Crippen molar-refractivity contribution in [2.75, 3.05) is 19.8 Å². The van der Waals surface area contributed by atoms with Gasteiger partial charge in [-0.25, -0.2) is 13.1 Å². The molecule has 0 aliphatic heterocycles. The molecule has 0 radical (unpaired) electrons. The lowest BCUT2D eigenvalue weighted by molar-refractivity contribution is -0.121. The zero-order valence-electron chi connectivity index (χ0n) is 11.6. The summed E-state index contributed by atoms with van der Waals surface area (Å²) in [5.41, 5.74) is 1.50. The number of carbonyl (C=O) groups excluding carboxylic acids is 1. The van der Waals surface area contributed by atoms with Crippen molar-refractivity contribution in [3.63, 3.8) is 0 Å². The second-order valence-electron chi connectivity index (χ2n) is 4.43. The van der Waals surface area contributed by atoms with E-state index in [9.17, 15) is 13.2 Å². The molecule has 0 aromatic carbocycles. The van der Waals surface area contributed by atoms with Crippen molar-refractivity contribution in [2.45, 2.75) is 6.54 Å². The van der Waals surface area contributed by atoms with E-state index in [4.69, 9.17) is 0 Å². The van der Waals surface area contributed by atoms with Gasteiger partial charge in [0.25, 0.3) is 0 Å². The van der Waals surface area contributed by atoms with E-state index in [1.54, 1.807) is 22.2 Å². The molecule has 2 aromatic heterocycles. The largest absolute Gasteiger partial charge is 0.349 e. The fourth-order valence-electron chi connectivity index (χ4n) is 1.46. The normalized spacial score (nSPS) is 11.8. The van der Waals surface area contributed by atoms with Crippen LogP contribution in [0.1, 0.15) is 5.69 Å². The van der Waals surface area contributed by atoms with Crippen LogP contribution in [0.15, 0.2) is 23.0 Å². The van der Waals surface area contributed by atoms with Crippen LogP contribution in [-0.4, -0.2) is 53.5 Å². The highest BCUT2D eigenvalue weighted by Crippen LogP contribution is 2.10. The third kappa shape index (κ3) is 4.34. The van der Waals surface area contributed by atoms with Gasteiger partial charge in [0.1, 0.15) is 5.69 Å². The number of aromatic nitrogens is 3. The third-order valence-electron chi connectivity index (χ3n) is 2.71. The van der Waals surface area contributed by atoms with E-state index in [0.717, 1.165) is 16.2 Å². The van der Waals surface area contributed by atoms with Gasteiger partial charge in [0.15, 0.2) is 0 Å². The van der Waals surface area contributed by atoms with E-state index in [1.165, 1.54) is 7.05 Å². The van der Waals surface area contributed by atoms with Crippen LogP contribution in [0.25, 0.3) is 5.69 Å². The van der Waals surface area contributed by atoms with Crippen molar-refractivity contribution in [2.24, 2.45) is 0 Å². The highest BCUT2D eigenvalue weighted by molar-refractivity contribution is 7.88. The van der Waals surface area contributed by atoms with Crippen LogP contribution in [-0.2, 0) is 21.4 Å². The van der Waals surface area contributed by atoms with Crippen LogP contribution in [0.2, 0.25) is 0 Å². The van der Waals surface area contributed by atoms with Crippen LogP contribution < -0.4 is 5.32 Å². The summed E-state index contributed by atoms with van der Waals surface area (Å²) in [5, 5.41) is 14.4. The van der Waals surface area contributed by atoms with Crippen molar-refractivity contribution in [1.29, 1.82) is 0 Å². The molecule has 0 atom stereocenters. The molecule has 2 heterocycles. The average Bonchev–Trinajstić information content (AvgIpc) is 3.06. The first kappa shape index (κ1) is 15.6. The molecule has 1 N–H and O–H groups in total. The van der Waals surface area contributed by atoms with Crippen LogP contribution in [0.5, 0.6) is 0 Å². The minimum absolute atomic E-state index is 0.195. The van der Waals surface area contributed by atoms with Gasteiger partial charge in [-0.1, -0.05) is 5.21 Å². The summed E-state index contributed by atoms with van der Waals surface area (Å²) in [7, 11) is -2.02. The highest BCUT2D eigenvalue weighted by atomic mass is 32.2. The van der Waals surface area contributed by atoms with Gasteiger partial charge < -0.3 is 5.32 Å². The van der Waals surface area contributed by atoms with Gasteiger partial charge in [0.05, 0.1) is 31.2 Å². The molecule has 0 aliphatic rings. The van der Waals surface area contributed by atoms with Gasteiger partial charge in [-0.3, -0.25) is 4.79 Å². The minimum Gasteiger partial charge on any atom is -0.349 e. The van der Waals surface area contributed by atoms with Gasteiger partial charge in [0, 0.05) is 12.4 Å². The maximum Gasteiger partial charge on any atom is 0.235 e. The summed E-state index contributed by atoms with van der Waals surface area (Å²) in [6.45, 7) is -0.0297. The molecule has 0 saturated heterocycles. The predicted octanol–water partition coefficient (Wildman–Crippen LogP) is -0.164. The number of sulfonamides is 1. The Morgan fingerprint density at radius 1 is 1.52 bits per heavy atom. The topological polar surface area (TPSA) is 97.2 Å². The second-order valence-corrected chi connectivity index (χ2v) is 7.30. The first-order valence-corrected chi connectivity index (χ1v) is 8.77. The lowest BCUT2D eigenvalue weighted by Crippen LogP contribution is -2.37. The van der Waals surface area contributed by atoms with Crippen LogP contribution in [0, 0.1) is 0 Å². The average molecular weight is 329 g/mol. The van der Waals surface area contributed by atoms with Crippen LogP contribution in [0.4, 0.5) is 0 Å². The summed E-state index contributed by atoms with van der Waals surface area (Å²) < 4.78 is 25.0. The fourth-order valence-corrected chi connectivity index (χ4v) is 2.43. The molecule has 0 bridgehead atoms. The Kier molecular flexibility index (Phi) is 4.70. The lowest BCUT2D eigenvalue weighted by atomic mass is 10.4. The molecule has 0 aliphatic carbocycles. The van der Waals surface area contributed by atoms with Crippen molar-refractivity contribution in [1.82, 2.24) is 24.6 Å². The summed E-state index contributed by atoms with van der Waals surface area (Å²) >= 11 is 1.55. The Morgan fingerprint density at radius 3 is 2.90 bits per heavy atom. The SMILES string of the molecule is CN(CC(=O)NCc1cn(-c2ccsc2)nn1)S(C)(=O)=O. The standard InChI is InChI=1S/C11H15N5O3S2/c1-15(21(2,18)19)7-11(17)12-5-9-6-16(14-13-9)10-3-4-20-8-10/h3-4,6,8H,5,7H2,1-2H3,(H,12,17). The maximum absolute atomic E-state index is 11.6. The Balaban J connectivity index is 1.88. The summed E-state index contributed by atoms with van der Waals surface area (Å²) in [6, 6.07) is 1.91. The number of hydrogen-bond donors (Lipinski definition) is 1. The molecule has 0 fully saturated rings. The molecular weight excluding hydrogens is 314 g/mol. The maximum atomic E-state index is 11.6. The number of carbonyl (C=O) groups is 1. The van der Waals surface area contributed by atoms with Crippen molar-refractivity contribution in [3.05, 3.63) is 28.7 Å². The zero-order valence-corrected chi connectivity index (χ0v) is 13.2. The predicted molar refractivity (Wildman–Crippen MR) is 78.6 cm³/mol. The zero-order chi connectivity index (χ0) is 15.5. The number of likely N-dealkylation sites (N-methyl/N-ethyl adjacent to an activating group) is 1. The highest BCUT2D eigenvalue weighted by Gasteiger charge is 2.15. The monoisotopic (exact) mass is 329 g/mol. The molecular formula is C11H15N5O3S2. The van der Waals surface area contributed by atoms with E-state index in [-0.39, 0.29) is 13.1 Å². The number of rotatable bonds is 6. The Hall–Kier alpha value is -1.78. The number of amides is 1. The molecule has 1 amide bonds. The molecule has 2 rings (SSSR count). The molecule has 114 valence electrons. The molecule has 21 heavy (non-hydrogen) atoms. The van der Waals surface area contributed by atoms with Gasteiger partial charge in [-0.15, -0.1) is 5.10 Å². The number of nitrogens with zero attached hydrogens (tertiary/aromatic N) is 4. The van der Waals surface area contributed by atoms with Gasteiger partial charge in [0.2, 0.25) is 15.9 Å². The Bertz CT molecular complexity index is 708. The van der Waals surface area contributed by atoms with Gasteiger partial charge in [-0.2, -0.15) is 15.6 Å². The van der Waals surface area contributed by atoms with E-state index in [2.05, 4.69) is 15.6 Å². The van der Waals surface area contributed by atoms with Crippen molar-refractivity contribution < 1.29 is 13.2 Å². The first-order chi connectivity index (χ1) is 9.86. The molecule has 10 heteroatoms. The van der Waals surface area contributed by atoms with Gasteiger partial charge in [-0.05, 0) is 11.4 Å². The van der Waals surface area contributed by atoms with Crippen LogP contribution in [0.3, 0.4) is 0 Å². The molecule has 0 unspecified atom stereocenters. The van der Waals surface area contributed by atoms with Crippen molar-refractivity contribution in [3.8, 4) is 5.69 Å². The molecule has 2 aromatic rings. The van der Waals surface area contributed by atoms with E-state index in [1.807, 2.05) is 16.8 Å². The van der Waals surface area contributed by atoms with Crippen molar-refractivity contribution >= 4 is 27.3 Å². The molecule has 0 saturated carbocycles. The smallest absolute Gasteiger partial charge is 0.235 e. The van der Waals surface area contributed by atoms with Gasteiger partial charge >= 0.3 is 0 Å². The first-order valence-electron chi connectivity index (χ1n) is 5.98. The quantitative estimate of drug-likeness (QED) is 0.794. The second kappa shape index (κ2) is 6.33. The molecule has 0 spiro atoms. The third-order valence-corrected chi connectivity index (χ3v) is 4.64. The van der Waals surface area contributed by atoms with Crippen LogP contribution >= 0.6 is 11.3 Å². The van der Waals surface area contributed by atoms with E-state index >= 15 is 0 Å². The Morgan fingerprint density at radius 2 is 2.29 bits per heavy atom. The van der Waals surface area contributed by atoms with E-state index in [0.29, 0.717) is 5.69 Å². The Labute approximate surface area is 126 Å².